The maximum Gasteiger partial charge on any atom is 0.0728 e. The van der Waals surface area contributed by atoms with Crippen molar-refractivity contribution in [1.82, 2.24) is 14.4 Å². The highest BCUT2D eigenvalue weighted by atomic mass is 15.0. The summed E-state index contributed by atoms with van der Waals surface area (Å²) < 4.78 is 2.65. The van der Waals surface area contributed by atoms with E-state index in [-0.39, 0.29) is 0 Å². The van der Waals surface area contributed by atoms with Gasteiger partial charge in [-0.1, -0.05) is 42.5 Å². The normalized spacial score (nSPS) is 35.4. The van der Waals surface area contributed by atoms with Gasteiger partial charge in [-0.15, -0.1) is 0 Å². The van der Waals surface area contributed by atoms with Gasteiger partial charge in [0.1, 0.15) is 0 Å². The van der Waals surface area contributed by atoms with Gasteiger partial charge in [0.05, 0.1) is 28.9 Å². The third-order valence-corrected chi connectivity index (χ3v) is 15.8. The van der Waals surface area contributed by atoms with Crippen molar-refractivity contribution in [2.45, 2.75) is 81.5 Å². The molecule has 3 heteroatoms. The van der Waals surface area contributed by atoms with Gasteiger partial charge in [0.25, 0.3) is 0 Å². The maximum absolute atomic E-state index is 5.47. The van der Waals surface area contributed by atoms with Crippen molar-refractivity contribution in [2.75, 3.05) is 0 Å². The lowest BCUT2D eigenvalue weighted by atomic mass is 9.37. The minimum Gasteiger partial charge on any atom is -0.305 e. The molecule has 15 rings (SSSR count). The van der Waals surface area contributed by atoms with Crippen molar-refractivity contribution in [3.63, 3.8) is 0 Å². The van der Waals surface area contributed by atoms with Crippen LogP contribution >= 0.6 is 0 Å². The first-order chi connectivity index (χ1) is 23.2. The van der Waals surface area contributed by atoms with Crippen molar-refractivity contribution in [3.05, 3.63) is 89.5 Å². The van der Waals surface area contributed by atoms with Gasteiger partial charge in [-0.3, -0.25) is 9.97 Å². The standard InChI is InChI=1S/C44H37N3/c1-2-4-23(5-3-1)24-6-7-31-25(13-24)15-32-38-34(19-46-42-33-17-30-16-29-14-28(37(38)42)18-44(29,30)33)47-35-20-45-41-27-11-21-8-22(12-27)10-26(9-21)36(41)40(35)39(31)43(32)47/h1-7,13,15,19-22,26-30,33H,8-12,14,16-18H2. The first-order valence-electron chi connectivity index (χ1n) is 18.8. The van der Waals surface area contributed by atoms with E-state index in [0.717, 1.165) is 23.7 Å². The Morgan fingerprint density at radius 3 is 2.21 bits per heavy atom. The Kier molecular flexibility index (Phi) is 3.95. The second kappa shape index (κ2) is 7.67. The minimum atomic E-state index is 0.614. The van der Waals surface area contributed by atoms with E-state index in [1.165, 1.54) is 129 Å². The van der Waals surface area contributed by atoms with Crippen LogP contribution in [0.3, 0.4) is 0 Å². The summed E-state index contributed by atoms with van der Waals surface area (Å²) in [6.07, 6.45) is 17.2. The third kappa shape index (κ3) is 2.56. The number of hydrogen-bond donors (Lipinski definition) is 0. The summed E-state index contributed by atoms with van der Waals surface area (Å²) in [5.74, 6) is 6.37. The van der Waals surface area contributed by atoms with E-state index in [1.54, 1.807) is 11.1 Å². The summed E-state index contributed by atoms with van der Waals surface area (Å²) in [5, 5.41) is 8.84. The molecule has 0 amide bonds. The highest BCUT2D eigenvalue weighted by Crippen LogP contribution is 2.82. The number of pyridine rings is 2. The molecule has 1 spiro atoms. The van der Waals surface area contributed by atoms with Gasteiger partial charge in [-0.05, 0) is 144 Å². The van der Waals surface area contributed by atoms with E-state index >= 15 is 0 Å². The van der Waals surface area contributed by atoms with Crippen LogP contribution in [-0.2, 0) is 0 Å². The second-order valence-electron chi connectivity index (χ2n) is 17.4. The van der Waals surface area contributed by atoms with Crippen molar-refractivity contribution >= 4 is 48.9 Å². The Hall–Kier alpha value is -3.98. The van der Waals surface area contributed by atoms with Gasteiger partial charge in [0.2, 0.25) is 0 Å². The molecule has 5 fully saturated rings. The number of benzene rings is 3. The lowest BCUT2D eigenvalue weighted by Crippen LogP contribution is -2.59. The molecular formula is C44H37N3. The van der Waals surface area contributed by atoms with Crippen molar-refractivity contribution in [2.24, 2.45) is 29.1 Å². The molecule has 7 unspecified atom stereocenters. The van der Waals surface area contributed by atoms with Crippen LogP contribution in [0.4, 0.5) is 0 Å². The number of rotatable bonds is 1. The van der Waals surface area contributed by atoms with Crippen molar-refractivity contribution < 1.29 is 0 Å². The van der Waals surface area contributed by atoms with Gasteiger partial charge >= 0.3 is 0 Å². The molecule has 0 saturated heterocycles. The molecule has 8 aliphatic rings. The fourth-order valence-corrected chi connectivity index (χ4v) is 14.4. The average molecular weight is 608 g/mol. The zero-order valence-corrected chi connectivity index (χ0v) is 26.7. The maximum atomic E-state index is 5.47. The molecule has 0 aliphatic heterocycles. The van der Waals surface area contributed by atoms with Crippen LogP contribution in [0.25, 0.3) is 60.0 Å². The molecule has 7 aromatic rings. The molecule has 4 aromatic heterocycles. The molecule has 228 valence electrons. The van der Waals surface area contributed by atoms with Gasteiger partial charge in [-0.25, -0.2) is 0 Å². The Morgan fingerprint density at radius 2 is 1.36 bits per heavy atom. The van der Waals surface area contributed by atoms with E-state index in [1.807, 2.05) is 0 Å². The molecule has 0 radical (unpaired) electrons. The molecule has 5 saturated carbocycles. The minimum absolute atomic E-state index is 0.614. The summed E-state index contributed by atoms with van der Waals surface area (Å²) >= 11 is 0. The monoisotopic (exact) mass is 607 g/mol. The van der Waals surface area contributed by atoms with Gasteiger partial charge in [0, 0.05) is 44.8 Å². The molecule has 47 heavy (non-hydrogen) atoms. The van der Waals surface area contributed by atoms with Crippen molar-refractivity contribution in [3.8, 4) is 11.1 Å². The highest BCUT2D eigenvalue weighted by Gasteiger charge is 2.72. The van der Waals surface area contributed by atoms with Crippen LogP contribution in [0.15, 0.2) is 67.0 Å². The van der Waals surface area contributed by atoms with Crippen LogP contribution < -0.4 is 0 Å². The largest absolute Gasteiger partial charge is 0.305 e. The topological polar surface area (TPSA) is 30.2 Å². The van der Waals surface area contributed by atoms with Crippen LogP contribution in [-0.4, -0.2) is 14.4 Å². The molecule has 0 N–H and O–H groups in total. The van der Waals surface area contributed by atoms with Gasteiger partial charge in [0.15, 0.2) is 0 Å². The lowest BCUT2D eigenvalue weighted by Gasteiger charge is -2.67. The first-order valence-corrected chi connectivity index (χ1v) is 18.8. The van der Waals surface area contributed by atoms with E-state index in [9.17, 15) is 0 Å². The van der Waals surface area contributed by atoms with E-state index in [4.69, 9.17) is 9.97 Å². The van der Waals surface area contributed by atoms with Crippen LogP contribution in [0.1, 0.15) is 104 Å². The number of aromatic nitrogens is 3. The molecule has 7 atom stereocenters. The van der Waals surface area contributed by atoms with Gasteiger partial charge < -0.3 is 4.40 Å². The smallest absolute Gasteiger partial charge is 0.0728 e. The second-order valence-corrected chi connectivity index (χ2v) is 17.4. The molecule has 4 heterocycles. The number of fused-ring (bicyclic) bond motifs is 13. The van der Waals surface area contributed by atoms with Crippen LogP contribution in [0.2, 0.25) is 0 Å². The van der Waals surface area contributed by atoms with E-state index in [2.05, 4.69) is 71.4 Å². The Labute approximate surface area is 273 Å². The summed E-state index contributed by atoms with van der Waals surface area (Å²) in [6.45, 7) is 0. The first kappa shape index (κ1) is 24.2. The van der Waals surface area contributed by atoms with E-state index in [0.29, 0.717) is 29.1 Å². The predicted octanol–water partition coefficient (Wildman–Crippen LogP) is 10.8. The summed E-state index contributed by atoms with van der Waals surface area (Å²) in [4.78, 5) is 10.9. The molecule has 3 nitrogen and oxygen atoms in total. The van der Waals surface area contributed by atoms with Gasteiger partial charge in [-0.2, -0.15) is 0 Å². The Bertz CT molecular complexity index is 2560. The number of hydrogen-bond acceptors (Lipinski definition) is 2. The zero-order valence-electron chi connectivity index (χ0n) is 26.7. The quantitative estimate of drug-likeness (QED) is 0.186. The lowest BCUT2D eigenvalue weighted by molar-refractivity contribution is -0.147. The molecular weight excluding hydrogens is 571 g/mol. The molecule has 3 aromatic carbocycles. The fourth-order valence-electron chi connectivity index (χ4n) is 14.4. The summed E-state index contributed by atoms with van der Waals surface area (Å²) in [6, 6.07) is 20.9. The number of nitrogens with zero attached hydrogens (tertiary/aromatic N) is 3. The molecule has 8 aliphatic carbocycles. The Balaban J connectivity index is 1.16. The fraction of sp³-hybridized carbons (Fsp3) is 0.409. The van der Waals surface area contributed by atoms with E-state index < -0.39 is 0 Å². The van der Waals surface area contributed by atoms with Crippen LogP contribution in [0, 0.1) is 29.1 Å². The van der Waals surface area contributed by atoms with Crippen molar-refractivity contribution in [1.29, 1.82) is 0 Å². The Morgan fingerprint density at radius 1 is 0.596 bits per heavy atom. The SMILES string of the molecule is c1ccc(-c2ccc3c(c2)cc2c4c5c(ncc4n4c6cnc7c(c6c3c24)C2CC3CC(CC7C3)C2)C2CC3CC4CC5CC432)cc1. The van der Waals surface area contributed by atoms with Crippen LogP contribution in [0.5, 0.6) is 0 Å². The summed E-state index contributed by atoms with van der Waals surface area (Å²) in [5.41, 5.74) is 13.6. The summed E-state index contributed by atoms with van der Waals surface area (Å²) in [7, 11) is 0. The highest BCUT2D eigenvalue weighted by molar-refractivity contribution is 6.32. The third-order valence-electron chi connectivity index (χ3n) is 15.8. The zero-order chi connectivity index (χ0) is 29.9. The predicted molar refractivity (Wildman–Crippen MR) is 189 cm³/mol. The molecule has 6 bridgehead atoms. The average Bonchev–Trinajstić information content (AvgIpc) is 3.71.